The van der Waals surface area contributed by atoms with Crippen LogP contribution in [-0.4, -0.2) is 60.5 Å². The fourth-order valence-electron chi connectivity index (χ4n) is 4.04. The van der Waals surface area contributed by atoms with Gasteiger partial charge in [-0.2, -0.15) is 0 Å². The maximum Gasteiger partial charge on any atom is 0.673 e. The van der Waals surface area contributed by atoms with E-state index in [2.05, 4.69) is 83.1 Å². The molecule has 0 spiro atoms. The van der Waals surface area contributed by atoms with Gasteiger partial charge in [-0.15, -0.1) is 0 Å². The van der Waals surface area contributed by atoms with E-state index in [1.165, 1.54) is 12.3 Å². The van der Waals surface area contributed by atoms with Gasteiger partial charge in [0.1, 0.15) is 0 Å². The smallest absolute Gasteiger partial charge is 0.418 e. The zero-order chi connectivity index (χ0) is 29.0. The van der Waals surface area contributed by atoms with Crippen molar-refractivity contribution >= 4 is 30.4 Å². The van der Waals surface area contributed by atoms with E-state index in [0.29, 0.717) is 20.6 Å². The van der Waals surface area contributed by atoms with Gasteiger partial charge in [0.25, 0.3) is 0 Å². The maximum atomic E-state index is 9.75. The van der Waals surface area contributed by atoms with E-state index >= 15 is 0 Å². The third-order valence-corrected chi connectivity index (χ3v) is 13.2. The summed E-state index contributed by atoms with van der Waals surface area (Å²) in [6.45, 7) is 29.9. The Morgan fingerprint density at radius 2 is 0.559 bits per heavy atom. The minimum absolute atomic E-state index is 0.352. The van der Waals surface area contributed by atoms with Crippen molar-refractivity contribution in [2.45, 2.75) is 104 Å². The van der Waals surface area contributed by atoms with Crippen LogP contribution in [0.25, 0.3) is 0 Å². The first-order valence-electron chi connectivity index (χ1n) is 11.3. The molecule has 0 aliphatic rings. The van der Waals surface area contributed by atoms with Gasteiger partial charge in [0.2, 0.25) is 0 Å². The van der Waals surface area contributed by atoms with E-state index in [9.17, 15) is 34.5 Å². The van der Waals surface area contributed by atoms with Crippen LogP contribution in [0.5, 0.6) is 0 Å². The predicted molar refractivity (Wildman–Crippen MR) is 144 cm³/mol. The van der Waals surface area contributed by atoms with Crippen molar-refractivity contribution in [2.24, 2.45) is 11.5 Å². The van der Waals surface area contributed by atoms with Crippen LogP contribution in [0.3, 0.4) is 0 Å². The highest BCUT2D eigenvalue weighted by atomic mass is 31.1. The molecule has 0 bridgehead atoms. The van der Waals surface area contributed by atoms with Crippen LogP contribution >= 0.6 is 15.8 Å². The standard InChI is InChI=1S/2C10H24NP.2BF4/c2*1-9(2,3)12(8-7-11)10(4,5)6;2*2-1(3,4)5/h2*7-8,11H2,1-6H3;;/q;;2*-1/p+2. The van der Waals surface area contributed by atoms with Crippen LogP contribution in [-0.2, 0) is 0 Å². The van der Waals surface area contributed by atoms with Crippen LogP contribution in [0.2, 0.25) is 0 Å². The predicted octanol–water partition coefficient (Wildman–Crippen LogP) is 8.11. The Balaban J connectivity index is -0.000000191. The molecule has 212 valence electrons. The molecule has 0 unspecified atom stereocenters. The Morgan fingerprint density at radius 3 is 0.588 bits per heavy atom. The van der Waals surface area contributed by atoms with Gasteiger partial charge in [0.15, 0.2) is 0 Å². The van der Waals surface area contributed by atoms with E-state index in [-0.39, 0.29) is 15.8 Å². The van der Waals surface area contributed by atoms with E-state index in [0.717, 1.165) is 13.1 Å². The molecule has 0 radical (unpaired) electrons. The molecule has 0 fully saturated rings. The molecular weight excluding hydrogens is 504 g/mol. The molecule has 0 atom stereocenters. The number of rotatable bonds is 4. The van der Waals surface area contributed by atoms with Crippen LogP contribution in [0.1, 0.15) is 83.1 Å². The van der Waals surface area contributed by atoms with Crippen LogP contribution in [0, 0.1) is 0 Å². The lowest BCUT2D eigenvalue weighted by atomic mass is 10.2. The first-order valence-corrected chi connectivity index (χ1v) is 14.7. The Bertz CT molecular complexity index is 422. The van der Waals surface area contributed by atoms with Crippen LogP contribution in [0.15, 0.2) is 0 Å². The number of hydrogen-bond donors (Lipinski definition) is 2. The molecule has 4 N–H and O–H groups in total. The molecule has 0 saturated carbocycles. The van der Waals surface area contributed by atoms with Gasteiger partial charge in [-0.1, -0.05) is 0 Å². The molecule has 2 nitrogen and oxygen atoms in total. The van der Waals surface area contributed by atoms with Crippen molar-refractivity contribution in [3.8, 4) is 0 Å². The summed E-state index contributed by atoms with van der Waals surface area (Å²) in [6.07, 6.45) is 2.47. The van der Waals surface area contributed by atoms with Gasteiger partial charge in [-0.25, -0.2) is 0 Å². The van der Waals surface area contributed by atoms with Crippen LogP contribution in [0.4, 0.5) is 34.5 Å². The maximum absolute atomic E-state index is 9.75. The summed E-state index contributed by atoms with van der Waals surface area (Å²) in [5, 5.41) is 1.90. The second kappa shape index (κ2) is 16.2. The summed E-state index contributed by atoms with van der Waals surface area (Å²) in [4.78, 5) is 0. The van der Waals surface area contributed by atoms with Crippen molar-refractivity contribution in [1.29, 1.82) is 0 Å². The Morgan fingerprint density at radius 1 is 0.441 bits per heavy atom. The Labute approximate surface area is 205 Å². The highest BCUT2D eigenvalue weighted by Crippen LogP contribution is 2.59. The van der Waals surface area contributed by atoms with Crippen molar-refractivity contribution in [3.05, 3.63) is 0 Å². The van der Waals surface area contributed by atoms with E-state index in [4.69, 9.17) is 11.5 Å². The number of hydrogen-bond acceptors (Lipinski definition) is 2. The van der Waals surface area contributed by atoms with Crippen LogP contribution < -0.4 is 11.5 Å². The van der Waals surface area contributed by atoms with Gasteiger partial charge in [-0.3, -0.25) is 0 Å². The highest BCUT2D eigenvalue weighted by molar-refractivity contribution is 7.61. The van der Waals surface area contributed by atoms with E-state index in [1.54, 1.807) is 0 Å². The molecule has 0 aliphatic heterocycles. The lowest BCUT2D eigenvalue weighted by Gasteiger charge is -2.33. The quantitative estimate of drug-likeness (QED) is 0.210. The normalized spacial score (nSPS) is 13.4. The monoisotopic (exact) mass is 554 g/mol. The summed E-state index contributed by atoms with van der Waals surface area (Å²) < 4.78 is 78.0. The second-order valence-corrected chi connectivity index (χ2v) is 20.9. The second-order valence-electron chi connectivity index (χ2n) is 12.0. The third-order valence-electron chi connectivity index (χ3n) is 4.41. The molecule has 14 heteroatoms. The Hall–Kier alpha value is 0.350. The van der Waals surface area contributed by atoms with Gasteiger partial charge in [0.05, 0.1) is 32.9 Å². The molecule has 0 aromatic carbocycles. The molecular formula is C20H50B2F8N2P2. The van der Waals surface area contributed by atoms with Gasteiger partial charge < -0.3 is 46.0 Å². The first-order chi connectivity index (χ1) is 14.4. The average molecular weight is 554 g/mol. The van der Waals surface area contributed by atoms with E-state index in [1.807, 2.05) is 0 Å². The molecule has 0 rings (SSSR count). The molecule has 0 aromatic rings. The van der Waals surface area contributed by atoms with Crippen molar-refractivity contribution in [3.63, 3.8) is 0 Å². The summed E-state index contributed by atoms with van der Waals surface area (Å²) >= 11 is 0. The number of halogens is 8. The Kier molecular flexibility index (Phi) is 19.8. The fraction of sp³-hybridized carbons (Fsp3) is 1.00. The lowest BCUT2D eigenvalue weighted by molar-refractivity contribution is 0.366. The lowest BCUT2D eigenvalue weighted by Crippen LogP contribution is -2.28. The fourth-order valence-corrected chi connectivity index (χ4v) is 12.1. The third kappa shape index (κ3) is 34.5. The van der Waals surface area contributed by atoms with E-state index < -0.39 is 14.5 Å². The number of nitrogens with two attached hydrogens (primary N) is 2. The molecule has 0 amide bonds. The summed E-state index contributed by atoms with van der Waals surface area (Å²) in [6, 6.07) is 0. The van der Waals surface area contributed by atoms with Gasteiger partial charge in [0, 0.05) is 28.9 Å². The molecule has 0 aromatic heterocycles. The van der Waals surface area contributed by atoms with Gasteiger partial charge >= 0.3 is 14.5 Å². The van der Waals surface area contributed by atoms with Crippen molar-refractivity contribution in [2.75, 3.05) is 25.4 Å². The molecule has 0 aliphatic carbocycles. The summed E-state index contributed by atoms with van der Waals surface area (Å²) in [5.74, 6) is 0. The topological polar surface area (TPSA) is 52.0 Å². The largest absolute Gasteiger partial charge is 0.673 e. The summed E-state index contributed by atoms with van der Waals surface area (Å²) in [7, 11) is -12.7. The summed E-state index contributed by atoms with van der Waals surface area (Å²) in [5.41, 5.74) is 11.3. The average Bonchev–Trinajstić information content (AvgIpc) is 2.42. The SMILES string of the molecule is CC(C)(C)[PH+](CCN)C(C)(C)C.CC(C)(C)[PH+](CCN)C(C)(C)C.F[B-](F)(F)F.F[B-](F)(F)F. The van der Waals surface area contributed by atoms with Crippen molar-refractivity contribution < 1.29 is 34.5 Å². The molecule has 34 heavy (non-hydrogen) atoms. The molecule has 0 heterocycles. The zero-order valence-electron chi connectivity index (χ0n) is 23.2. The highest BCUT2D eigenvalue weighted by Gasteiger charge is 2.41. The zero-order valence-corrected chi connectivity index (χ0v) is 25.2. The first kappa shape index (κ1) is 41.5. The van der Waals surface area contributed by atoms with Gasteiger partial charge in [-0.05, 0) is 83.1 Å². The minimum Gasteiger partial charge on any atom is -0.418 e. The minimum atomic E-state index is -6.00. The molecule has 0 saturated heterocycles. The van der Waals surface area contributed by atoms with Crippen molar-refractivity contribution in [1.82, 2.24) is 0 Å².